The molecule has 3 rings (SSSR count). The summed E-state index contributed by atoms with van der Waals surface area (Å²) >= 11 is 0. The van der Waals surface area contributed by atoms with E-state index in [2.05, 4.69) is 17.4 Å². The van der Waals surface area contributed by atoms with Crippen molar-refractivity contribution in [3.8, 4) is 0 Å². The van der Waals surface area contributed by atoms with Gasteiger partial charge in [-0.1, -0.05) is 24.3 Å². The predicted octanol–water partition coefficient (Wildman–Crippen LogP) is 1.75. The van der Waals surface area contributed by atoms with Crippen molar-refractivity contribution in [2.45, 2.75) is 31.7 Å². The number of carbonyl (C=O) groups is 2. The second-order valence-electron chi connectivity index (χ2n) is 6.08. The van der Waals surface area contributed by atoms with Gasteiger partial charge in [0, 0.05) is 13.1 Å². The van der Waals surface area contributed by atoms with E-state index in [-0.39, 0.29) is 11.8 Å². The van der Waals surface area contributed by atoms with E-state index in [4.69, 9.17) is 4.74 Å². The predicted molar refractivity (Wildman–Crippen MR) is 82.5 cm³/mol. The van der Waals surface area contributed by atoms with Gasteiger partial charge in [0.05, 0.1) is 7.11 Å². The summed E-state index contributed by atoms with van der Waals surface area (Å²) in [7, 11) is 1.33. The van der Waals surface area contributed by atoms with E-state index in [9.17, 15) is 9.59 Å². The lowest BCUT2D eigenvalue weighted by Crippen LogP contribution is -2.52. The normalized spacial score (nSPS) is 18.9. The molecule has 0 bridgehead atoms. The number of ether oxygens (including phenoxy) is 1. The molecule has 2 amide bonds. The minimum Gasteiger partial charge on any atom is -0.453 e. The van der Waals surface area contributed by atoms with E-state index in [1.165, 1.54) is 18.2 Å². The van der Waals surface area contributed by atoms with E-state index < -0.39 is 12.1 Å². The molecule has 0 spiro atoms. The van der Waals surface area contributed by atoms with Crippen molar-refractivity contribution in [1.82, 2.24) is 10.2 Å². The molecule has 0 radical (unpaired) electrons. The van der Waals surface area contributed by atoms with Gasteiger partial charge in [-0.15, -0.1) is 0 Å². The fraction of sp³-hybridized carbons (Fsp3) is 0.529. The third-order valence-electron chi connectivity index (χ3n) is 4.70. The fourth-order valence-corrected chi connectivity index (χ4v) is 3.53. The minimum absolute atomic E-state index is 0.0284. The van der Waals surface area contributed by atoms with Crippen molar-refractivity contribution in [2.24, 2.45) is 5.92 Å². The van der Waals surface area contributed by atoms with E-state index in [0.29, 0.717) is 0 Å². The number of hydrogen-bond donors (Lipinski definition) is 1. The molecule has 1 saturated heterocycles. The van der Waals surface area contributed by atoms with E-state index in [1.807, 2.05) is 17.0 Å². The zero-order valence-electron chi connectivity index (χ0n) is 12.9. The molecule has 1 fully saturated rings. The Morgan fingerprint density at radius 2 is 1.77 bits per heavy atom. The topological polar surface area (TPSA) is 58.6 Å². The van der Waals surface area contributed by atoms with Gasteiger partial charge in [-0.25, -0.2) is 4.79 Å². The number of fused-ring (bicyclic) bond motifs is 1. The minimum atomic E-state index is -0.534. The van der Waals surface area contributed by atoms with Gasteiger partial charge in [0.1, 0.15) is 6.04 Å². The number of amides is 2. The summed E-state index contributed by atoms with van der Waals surface area (Å²) < 4.78 is 4.71. The highest BCUT2D eigenvalue weighted by molar-refractivity contribution is 5.86. The Labute approximate surface area is 130 Å². The first kappa shape index (κ1) is 14.9. The molecule has 1 heterocycles. The van der Waals surface area contributed by atoms with Crippen molar-refractivity contribution in [3.63, 3.8) is 0 Å². The average Bonchev–Trinajstić information content (AvgIpc) is 3.20. The maximum atomic E-state index is 12.8. The van der Waals surface area contributed by atoms with Gasteiger partial charge >= 0.3 is 6.09 Å². The summed E-state index contributed by atoms with van der Waals surface area (Å²) in [6.45, 7) is 1.58. The Hall–Kier alpha value is -2.04. The van der Waals surface area contributed by atoms with E-state index >= 15 is 0 Å². The van der Waals surface area contributed by atoms with Crippen LogP contribution >= 0.6 is 0 Å². The second kappa shape index (κ2) is 6.38. The van der Waals surface area contributed by atoms with Crippen molar-refractivity contribution in [2.75, 3.05) is 20.2 Å². The SMILES string of the molecule is COC(=O)NC(C(=O)N1CCCC1)C1Cc2ccccc2C1. The lowest BCUT2D eigenvalue weighted by molar-refractivity contribution is -0.133. The number of benzene rings is 1. The van der Waals surface area contributed by atoms with Crippen LogP contribution in [0, 0.1) is 5.92 Å². The number of nitrogens with zero attached hydrogens (tertiary/aromatic N) is 1. The van der Waals surface area contributed by atoms with E-state index in [1.54, 1.807) is 0 Å². The quantitative estimate of drug-likeness (QED) is 0.925. The summed E-state index contributed by atoms with van der Waals surface area (Å²) in [5.74, 6) is 0.130. The zero-order chi connectivity index (χ0) is 15.5. The monoisotopic (exact) mass is 302 g/mol. The van der Waals surface area contributed by atoms with E-state index in [0.717, 1.165) is 38.8 Å². The lowest BCUT2D eigenvalue weighted by atomic mass is 9.95. The van der Waals surface area contributed by atoms with Crippen LogP contribution in [0.1, 0.15) is 24.0 Å². The number of nitrogens with one attached hydrogen (secondary N) is 1. The van der Waals surface area contributed by atoms with Gasteiger partial charge < -0.3 is 15.0 Å². The van der Waals surface area contributed by atoms with Gasteiger partial charge in [-0.05, 0) is 42.7 Å². The molecule has 1 N–H and O–H groups in total. The fourth-order valence-electron chi connectivity index (χ4n) is 3.53. The lowest BCUT2D eigenvalue weighted by Gasteiger charge is -2.27. The van der Waals surface area contributed by atoms with Crippen LogP contribution in [0.2, 0.25) is 0 Å². The second-order valence-corrected chi connectivity index (χ2v) is 6.08. The Morgan fingerprint density at radius 3 is 2.32 bits per heavy atom. The number of likely N-dealkylation sites (tertiary alicyclic amines) is 1. The maximum Gasteiger partial charge on any atom is 0.407 e. The standard InChI is InChI=1S/C17H22N2O3/c1-22-17(21)18-15(16(20)19-8-4-5-9-19)14-10-12-6-2-3-7-13(12)11-14/h2-3,6-7,14-15H,4-5,8-11H2,1H3,(H,18,21). The molecule has 1 aromatic carbocycles. The molecule has 1 atom stereocenters. The Bertz CT molecular complexity index is 542. The molecule has 1 aromatic rings. The summed E-state index contributed by atoms with van der Waals surface area (Å²) in [6, 6.07) is 7.74. The Balaban J connectivity index is 1.77. The van der Waals surface area contributed by atoms with Crippen LogP contribution in [0.5, 0.6) is 0 Å². The Morgan fingerprint density at radius 1 is 1.18 bits per heavy atom. The highest BCUT2D eigenvalue weighted by atomic mass is 16.5. The van der Waals surface area contributed by atoms with Crippen LogP contribution < -0.4 is 5.32 Å². The third-order valence-corrected chi connectivity index (χ3v) is 4.70. The number of alkyl carbamates (subject to hydrolysis) is 1. The van der Waals surface area contributed by atoms with Gasteiger partial charge in [0.15, 0.2) is 0 Å². The highest BCUT2D eigenvalue weighted by Crippen LogP contribution is 2.30. The first-order valence-corrected chi connectivity index (χ1v) is 7.89. The molecule has 5 nitrogen and oxygen atoms in total. The number of rotatable bonds is 3. The molecule has 0 saturated carbocycles. The average molecular weight is 302 g/mol. The maximum absolute atomic E-state index is 12.8. The van der Waals surface area contributed by atoms with Crippen LogP contribution in [0.25, 0.3) is 0 Å². The molecule has 1 aliphatic carbocycles. The molecule has 1 unspecified atom stereocenters. The van der Waals surface area contributed by atoms with Gasteiger partial charge in [0.2, 0.25) is 5.91 Å². The molecule has 0 aromatic heterocycles. The van der Waals surface area contributed by atoms with Crippen LogP contribution in [0.3, 0.4) is 0 Å². The summed E-state index contributed by atoms with van der Waals surface area (Å²) in [6.07, 6.45) is 3.20. The third kappa shape index (κ3) is 2.93. The molecular formula is C17H22N2O3. The number of methoxy groups -OCH3 is 1. The smallest absolute Gasteiger partial charge is 0.407 e. The Kier molecular flexibility index (Phi) is 4.32. The first-order chi connectivity index (χ1) is 10.7. The molecule has 2 aliphatic rings. The van der Waals surface area contributed by atoms with Crippen LogP contribution in [-0.4, -0.2) is 43.1 Å². The highest BCUT2D eigenvalue weighted by Gasteiger charge is 2.37. The molecule has 22 heavy (non-hydrogen) atoms. The van der Waals surface area contributed by atoms with Gasteiger partial charge in [-0.3, -0.25) is 4.79 Å². The largest absolute Gasteiger partial charge is 0.453 e. The van der Waals surface area contributed by atoms with Crippen molar-refractivity contribution in [3.05, 3.63) is 35.4 Å². The van der Waals surface area contributed by atoms with Crippen LogP contribution in [0.4, 0.5) is 4.79 Å². The first-order valence-electron chi connectivity index (χ1n) is 7.89. The molecule has 1 aliphatic heterocycles. The van der Waals surface area contributed by atoms with Gasteiger partial charge in [-0.2, -0.15) is 0 Å². The van der Waals surface area contributed by atoms with Crippen molar-refractivity contribution < 1.29 is 14.3 Å². The summed E-state index contributed by atoms with van der Waals surface area (Å²) in [5.41, 5.74) is 2.55. The van der Waals surface area contributed by atoms with Crippen molar-refractivity contribution in [1.29, 1.82) is 0 Å². The molecular weight excluding hydrogens is 280 g/mol. The summed E-state index contributed by atoms with van der Waals surface area (Å²) in [5, 5.41) is 2.77. The zero-order valence-corrected chi connectivity index (χ0v) is 12.9. The van der Waals surface area contributed by atoms with Crippen LogP contribution in [0.15, 0.2) is 24.3 Å². The van der Waals surface area contributed by atoms with Crippen molar-refractivity contribution >= 4 is 12.0 Å². The summed E-state index contributed by atoms with van der Waals surface area (Å²) in [4.78, 5) is 26.3. The number of hydrogen-bond acceptors (Lipinski definition) is 3. The van der Waals surface area contributed by atoms with Crippen LogP contribution in [-0.2, 0) is 22.4 Å². The molecule has 5 heteroatoms. The van der Waals surface area contributed by atoms with Gasteiger partial charge in [0.25, 0.3) is 0 Å². The number of carbonyl (C=O) groups excluding carboxylic acids is 2. The molecule has 118 valence electrons.